The third kappa shape index (κ3) is 4.56. The van der Waals surface area contributed by atoms with E-state index in [-0.39, 0.29) is 17.5 Å². The van der Waals surface area contributed by atoms with Gasteiger partial charge in [-0.25, -0.2) is 13.2 Å². The molecule has 1 aliphatic heterocycles. The van der Waals surface area contributed by atoms with Crippen LogP contribution in [0.1, 0.15) is 5.56 Å². The van der Waals surface area contributed by atoms with Gasteiger partial charge in [0.15, 0.2) is 9.84 Å². The van der Waals surface area contributed by atoms with E-state index in [4.69, 9.17) is 4.74 Å². The van der Waals surface area contributed by atoms with Crippen LogP contribution in [0.4, 0.5) is 0 Å². The van der Waals surface area contributed by atoms with E-state index < -0.39 is 9.84 Å². The summed E-state index contributed by atoms with van der Waals surface area (Å²) >= 11 is 0. The molecule has 0 fully saturated rings. The summed E-state index contributed by atoms with van der Waals surface area (Å²) in [6.07, 6.45) is 2.57. The van der Waals surface area contributed by atoms with Gasteiger partial charge in [-0.3, -0.25) is 0 Å². The number of esters is 1. The van der Waals surface area contributed by atoms with Crippen molar-refractivity contribution in [1.82, 2.24) is 0 Å². The number of hydrogen-bond donors (Lipinski definition) is 0. The van der Waals surface area contributed by atoms with Gasteiger partial charge in [-0.15, -0.1) is 0 Å². The molecule has 0 unspecified atom stereocenters. The summed E-state index contributed by atoms with van der Waals surface area (Å²) in [4.78, 5) is 11.1. The van der Waals surface area contributed by atoms with Gasteiger partial charge in [0, 0.05) is 17.9 Å². The summed E-state index contributed by atoms with van der Waals surface area (Å²) in [6.45, 7) is 0.247. The number of sulfone groups is 1. The molecular formula is C17H16O4S. The Morgan fingerprint density at radius 1 is 0.909 bits per heavy atom. The standard InChI is InChI=1S/C11H10O4S.C6H6/c1-16(13,14)10-4-2-8(3-5-10)9-6-11(12)15-7-9;1-2-4-6-5-3-1/h2-6H,7H2,1H3;1-6H. The average Bonchev–Trinajstić information content (AvgIpc) is 2.96. The van der Waals surface area contributed by atoms with Gasteiger partial charge < -0.3 is 4.74 Å². The van der Waals surface area contributed by atoms with E-state index in [1.165, 1.54) is 18.2 Å². The van der Waals surface area contributed by atoms with Gasteiger partial charge in [-0.1, -0.05) is 48.5 Å². The highest BCUT2D eigenvalue weighted by molar-refractivity contribution is 7.90. The fourth-order valence-electron chi connectivity index (χ4n) is 1.84. The summed E-state index contributed by atoms with van der Waals surface area (Å²) in [5, 5.41) is 0. The predicted molar refractivity (Wildman–Crippen MR) is 84.9 cm³/mol. The van der Waals surface area contributed by atoms with E-state index in [2.05, 4.69) is 0 Å². The Labute approximate surface area is 130 Å². The lowest BCUT2D eigenvalue weighted by Gasteiger charge is -2.02. The zero-order chi connectivity index (χ0) is 16.0. The molecule has 4 nitrogen and oxygen atoms in total. The minimum Gasteiger partial charge on any atom is -0.458 e. The quantitative estimate of drug-likeness (QED) is 0.799. The van der Waals surface area contributed by atoms with Gasteiger partial charge in [0.25, 0.3) is 0 Å². The molecule has 0 saturated carbocycles. The SMILES string of the molecule is CS(=O)(=O)c1ccc(C2=CC(=O)OC2)cc1.c1ccccc1. The molecule has 22 heavy (non-hydrogen) atoms. The number of carbonyl (C=O) groups excluding carboxylic acids is 1. The second-order valence-corrected chi connectivity index (χ2v) is 6.74. The minimum absolute atomic E-state index is 0.247. The second-order valence-electron chi connectivity index (χ2n) is 4.73. The van der Waals surface area contributed by atoms with Gasteiger partial charge >= 0.3 is 5.97 Å². The van der Waals surface area contributed by atoms with Crippen LogP contribution in [0.25, 0.3) is 5.57 Å². The summed E-state index contributed by atoms with van der Waals surface area (Å²) in [7, 11) is -3.17. The van der Waals surface area contributed by atoms with Crippen LogP contribution in [0.3, 0.4) is 0 Å². The minimum atomic E-state index is -3.17. The van der Waals surface area contributed by atoms with Crippen LogP contribution in [-0.2, 0) is 19.4 Å². The van der Waals surface area contributed by atoms with Crippen molar-refractivity contribution in [3.63, 3.8) is 0 Å². The molecule has 0 aromatic heterocycles. The van der Waals surface area contributed by atoms with E-state index in [0.29, 0.717) is 0 Å². The Morgan fingerprint density at radius 3 is 1.77 bits per heavy atom. The summed E-state index contributed by atoms with van der Waals surface area (Å²) in [6, 6.07) is 18.4. The lowest BCUT2D eigenvalue weighted by atomic mass is 10.1. The molecular weight excluding hydrogens is 300 g/mol. The van der Waals surface area contributed by atoms with E-state index in [0.717, 1.165) is 17.4 Å². The molecule has 0 amide bonds. The monoisotopic (exact) mass is 316 g/mol. The van der Waals surface area contributed by atoms with Crippen LogP contribution in [0.5, 0.6) is 0 Å². The highest BCUT2D eigenvalue weighted by Crippen LogP contribution is 2.21. The second kappa shape index (κ2) is 7.04. The maximum absolute atomic E-state index is 11.2. The van der Waals surface area contributed by atoms with Crippen molar-refractivity contribution in [2.45, 2.75) is 4.90 Å². The number of hydrogen-bond acceptors (Lipinski definition) is 4. The maximum Gasteiger partial charge on any atom is 0.331 e. The van der Waals surface area contributed by atoms with Crippen LogP contribution >= 0.6 is 0 Å². The normalized spacial score (nSPS) is 13.7. The Morgan fingerprint density at radius 2 is 1.41 bits per heavy atom. The van der Waals surface area contributed by atoms with Crippen LogP contribution in [-0.4, -0.2) is 27.2 Å². The predicted octanol–water partition coefficient (Wildman–Crippen LogP) is 2.72. The van der Waals surface area contributed by atoms with Crippen molar-refractivity contribution < 1.29 is 17.9 Å². The largest absolute Gasteiger partial charge is 0.458 e. The molecule has 114 valence electrons. The lowest BCUT2D eigenvalue weighted by Crippen LogP contribution is -1.97. The topological polar surface area (TPSA) is 60.4 Å². The summed E-state index contributed by atoms with van der Waals surface area (Å²) in [5.41, 5.74) is 1.57. The van der Waals surface area contributed by atoms with E-state index in [1.54, 1.807) is 12.1 Å². The van der Waals surface area contributed by atoms with Gasteiger partial charge in [0.2, 0.25) is 0 Å². The third-order valence-corrected chi connectivity index (χ3v) is 4.11. The third-order valence-electron chi connectivity index (χ3n) is 2.98. The van der Waals surface area contributed by atoms with E-state index >= 15 is 0 Å². The van der Waals surface area contributed by atoms with Gasteiger partial charge in [-0.05, 0) is 17.7 Å². The van der Waals surface area contributed by atoms with Crippen molar-refractivity contribution in [2.75, 3.05) is 12.9 Å². The molecule has 2 aromatic rings. The smallest absolute Gasteiger partial charge is 0.331 e. The van der Waals surface area contributed by atoms with Crippen LogP contribution in [0.15, 0.2) is 71.6 Å². The number of ether oxygens (including phenoxy) is 1. The zero-order valence-corrected chi connectivity index (χ0v) is 12.9. The van der Waals surface area contributed by atoms with Crippen molar-refractivity contribution >= 4 is 21.4 Å². The highest BCUT2D eigenvalue weighted by Gasteiger charge is 2.15. The van der Waals surface area contributed by atoms with Crippen LogP contribution in [0.2, 0.25) is 0 Å². The van der Waals surface area contributed by atoms with Gasteiger partial charge in [0.1, 0.15) is 6.61 Å². The van der Waals surface area contributed by atoms with E-state index in [9.17, 15) is 13.2 Å². The first-order chi connectivity index (χ1) is 10.5. The van der Waals surface area contributed by atoms with Gasteiger partial charge in [-0.2, -0.15) is 0 Å². The van der Waals surface area contributed by atoms with Crippen molar-refractivity contribution in [3.8, 4) is 0 Å². The molecule has 0 saturated heterocycles. The molecule has 5 heteroatoms. The zero-order valence-electron chi connectivity index (χ0n) is 12.1. The summed E-state index contributed by atoms with van der Waals surface area (Å²) in [5.74, 6) is -0.359. The average molecular weight is 316 g/mol. The molecule has 1 aliphatic rings. The number of cyclic esters (lactones) is 1. The maximum atomic E-state index is 11.2. The Hall–Kier alpha value is -2.40. The van der Waals surface area contributed by atoms with E-state index in [1.807, 2.05) is 36.4 Å². The molecule has 0 bridgehead atoms. The first-order valence-electron chi connectivity index (χ1n) is 6.64. The lowest BCUT2D eigenvalue weighted by molar-refractivity contribution is -0.134. The molecule has 0 atom stereocenters. The molecule has 3 rings (SSSR count). The van der Waals surface area contributed by atoms with Crippen LogP contribution in [0, 0.1) is 0 Å². The molecule has 0 spiro atoms. The number of benzene rings is 2. The van der Waals surface area contributed by atoms with Crippen molar-refractivity contribution in [3.05, 3.63) is 72.3 Å². The Kier molecular flexibility index (Phi) is 5.12. The highest BCUT2D eigenvalue weighted by atomic mass is 32.2. The fraction of sp³-hybridized carbons (Fsp3) is 0.118. The van der Waals surface area contributed by atoms with Crippen LogP contribution < -0.4 is 0 Å². The Balaban J connectivity index is 0.000000246. The molecule has 0 aliphatic carbocycles. The number of carbonyl (C=O) groups is 1. The summed E-state index contributed by atoms with van der Waals surface area (Å²) < 4.78 is 27.2. The molecule has 0 radical (unpaired) electrons. The van der Waals surface area contributed by atoms with Crippen molar-refractivity contribution in [1.29, 1.82) is 0 Å². The van der Waals surface area contributed by atoms with Gasteiger partial charge in [0.05, 0.1) is 4.90 Å². The molecule has 1 heterocycles. The molecule has 0 N–H and O–H groups in total. The van der Waals surface area contributed by atoms with Crippen molar-refractivity contribution in [2.24, 2.45) is 0 Å². The first-order valence-corrected chi connectivity index (χ1v) is 8.54. The Bertz CT molecular complexity index is 733. The number of rotatable bonds is 2. The molecule has 2 aromatic carbocycles. The fourth-order valence-corrected chi connectivity index (χ4v) is 2.47. The first kappa shape index (κ1) is 16.0.